The number of nitrogens with zero attached hydrogens (tertiary/aromatic N) is 1. The topological polar surface area (TPSA) is 81.5 Å². The summed E-state index contributed by atoms with van der Waals surface area (Å²) in [6.07, 6.45) is -1.05. The Kier molecular flexibility index (Phi) is 4.07. The van der Waals surface area contributed by atoms with Crippen LogP contribution in [-0.2, 0) is 0 Å². The lowest BCUT2D eigenvalue weighted by molar-refractivity contribution is -0.387. The molecule has 0 aliphatic heterocycles. The number of rotatable bonds is 3. The highest BCUT2D eigenvalue weighted by atomic mass is 19.1. The number of amides is 1. The van der Waals surface area contributed by atoms with E-state index in [0.29, 0.717) is 0 Å². The molecule has 21 heavy (non-hydrogen) atoms. The van der Waals surface area contributed by atoms with Crippen LogP contribution < -0.4 is 10.1 Å². The summed E-state index contributed by atoms with van der Waals surface area (Å²) in [5.41, 5.74) is -0.844. The minimum Gasteiger partial charge on any atom is -0.407 e. The highest BCUT2D eigenvalue weighted by Crippen LogP contribution is 2.22. The molecular formula is C13H8F2N2O4. The van der Waals surface area contributed by atoms with Crippen LogP contribution in [0.15, 0.2) is 42.5 Å². The van der Waals surface area contributed by atoms with E-state index in [9.17, 15) is 23.7 Å². The SMILES string of the molecule is O=C(Nc1ccc(F)c([N+](=O)[O-])c1)Oc1ccccc1F. The van der Waals surface area contributed by atoms with Gasteiger partial charge < -0.3 is 4.74 Å². The average Bonchev–Trinajstić information content (AvgIpc) is 2.43. The fourth-order valence-corrected chi connectivity index (χ4v) is 1.50. The smallest absolute Gasteiger partial charge is 0.407 e. The molecule has 0 saturated carbocycles. The summed E-state index contributed by atoms with van der Waals surface area (Å²) in [6.45, 7) is 0. The molecule has 0 spiro atoms. The van der Waals surface area contributed by atoms with Crippen LogP contribution in [0.1, 0.15) is 0 Å². The summed E-state index contributed by atoms with van der Waals surface area (Å²) in [5, 5.41) is 12.7. The predicted octanol–water partition coefficient (Wildman–Crippen LogP) is 3.48. The number of nitro groups is 1. The van der Waals surface area contributed by atoms with E-state index < -0.39 is 28.3 Å². The molecule has 0 saturated heterocycles. The van der Waals surface area contributed by atoms with E-state index in [1.807, 2.05) is 0 Å². The minimum absolute atomic E-state index is 0.0514. The molecule has 6 nitrogen and oxygen atoms in total. The third-order valence-corrected chi connectivity index (χ3v) is 2.43. The van der Waals surface area contributed by atoms with Crippen molar-refractivity contribution in [1.82, 2.24) is 0 Å². The van der Waals surface area contributed by atoms with E-state index in [1.165, 1.54) is 18.2 Å². The zero-order chi connectivity index (χ0) is 15.4. The molecular weight excluding hydrogens is 286 g/mol. The quantitative estimate of drug-likeness (QED) is 0.694. The number of ether oxygens (including phenoxy) is 1. The predicted molar refractivity (Wildman–Crippen MR) is 69.1 cm³/mol. The highest BCUT2D eigenvalue weighted by molar-refractivity contribution is 5.86. The number of benzene rings is 2. The summed E-state index contributed by atoms with van der Waals surface area (Å²) in [5.74, 6) is -2.07. The van der Waals surface area contributed by atoms with Gasteiger partial charge in [-0.05, 0) is 24.3 Å². The number of anilines is 1. The van der Waals surface area contributed by atoms with Gasteiger partial charge in [0.05, 0.1) is 10.6 Å². The van der Waals surface area contributed by atoms with Gasteiger partial charge in [-0.1, -0.05) is 12.1 Å². The number of hydrogen-bond donors (Lipinski definition) is 1. The Morgan fingerprint density at radius 3 is 2.52 bits per heavy atom. The number of para-hydroxylation sites is 1. The van der Waals surface area contributed by atoms with Gasteiger partial charge in [0, 0.05) is 6.07 Å². The van der Waals surface area contributed by atoms with Crippen LogP contribution in [0.5, 0.6) is 5.75 Å². The molecule has 2 aromatic carbocycles. The van der Waals surface area contributed by atoms with E-state index >= 15 is 0 Å². The first-order valence-corrected chi connectivity index (χ1v) is 5.64. The van der Waals surface area contributed by atoms with Crippen molar-refractivity contribution < 1.29 is 23.2 Å². The Bertz CT molecular complexity index is 706. The van der Waals surface area contributed by atoms with Crippen molar-refractivity contribution in [2.75, 3.05) is 5.32 Å². The molecule has 0 aromatic heterocycles. The maximum absolute atomic E-state index is 13.3. The minimum atomic E-state index is -1.05. The number of halogens is 2. The van der Waals surface area contributed by atoms with Crippen LogP contribution in [0.3, 0.4) is 0 Å². The van der Waals surface area contributed by atoms with E-state index in [0.717, 1.165) is 24.3 Å². The lowest BCUT2D eigenvalue weighted by Gasteiger charge is -2.07. The fraction of sp³-hybridized carbons (Fsp3) is 0. The van der Waals surface area contributed by atoms with Gasteiger partial charge in [0.2, 0.25) is 5.82 Å². The van der Waals surface area contributed by atoms with Gasteiger partial charge in [-0.2, -0.15) is 4.39 Å². The standard InChI is InChI=1S/C13H8F2N2O4/c14-9-6-5-8(7-11(9)17(19)20)16-13(18)21-12-4-2-1-3-10(12)15/h1-7H,(H,16,18). The molecule has 8 heteroatoms. The van der Waals surface area contributed by atoms with Crippen molar-refractivity contribution in [2.24, 2.45) is 0 Å². The molecule has 108 valence electrons. The molecule has 0 unspecified atom stereocenters. The molecule has 0 radical (unpaired) electrons. The average molecular weight is 294 g/mol. The molecule has 0 aliphatic rings. The van der Waals surface area contributed by atoms with Crippen LogP contribution in [0.25, 0.3) is 0 Å². The van der Waals surface area contributed by atoms with Crippen molar-refractivity contribution in [2.45, 2.75) is 0 Å². The molecule has 0 atom stereocenters. The second-order valence-electron chi connectivity index (χ2n) is 3.87. The Labute approximate surface area is 117 Å². The molecule has 2 aromatic rings. The van der Waals surface area contributed by atoms with Crippen LogP contribution in [0.2, 0.25) is 0 Å². The third kappa shape index (κ3) is 3.50. The number of hydrogen-bond acceptors (Lipinski definition) is 4. The molecule has 1 N–H and O–H groups in total. The third-order valence-electron chi connectivity index (χ3n) is 2.43. The summed E-state index contributed by atoms with van der Waals surface area (Å²) in [6, 6.07) is 8.00. The van der Waals surface area contributed by atoms with Crippen molar-refractivity contribution >= 4 is 17.5 Å². The van der Waals surface area contributed by atoms with Gasteiger partial charge >= 0.3 is 11.8 Å². The maximum atomic E-state index is 13.3. The van der Waals surface area contributed by atoms with Gasteiger partial charge in [-0.15, -0.1) is 0 Å². The molecule has 0 heterocycles. The second-order valence-corrected chi connectivity index (χ2v) is 3.87. The summed E-state index contributed by atoms with van der Waals surface area (Å²) < 4.78 is 31.1. The van der Waals surface area contributed by atoms with Gasteiger partial charge in [0.25, 0.3) is 0 Å². The van der Waals surface area contributed by atoms with Crippen LogP contribution in [-0.4, -0.2) is 11.0 Å². The molecule has 0 aliphatic carbocycles. The first kappa shape index (κ1) is 14.4. The van der Waals surface area contributed by atoms with E-state index in [2.05, 4.69) is 5.32 Å². The van der Waals surface area contributed by atoms with Crippen LogP contribution in [0, 0.1) is 21.7 Å². The zero-order valence-corrected chi connectivity index (χ0v) is 10.4. The maximum Gasteiger partial charge on any atom is 0.417 e. The van der Waals surface area contributed by atoms with E-state index in [1.54, 1.807) is 0 Å². The molecule has 2 rings (SSSR count). The Morgan fingerprint density at radius 1 is 1.14 bits per heavy atom. The Balaban J connectivity index is 2.12. The number of nitro benzene ring substituents is 1. The first-order chi connectivity index (χ1) is 9.97. The normalized spacial score (nSPS) is 10.0. The van der Waals surface area contributed by atoms with Gasteiger partial charge in [-0.25, -0.2) is 9.18 Å². The molecule has 1 amide bonds. The summed E-state index contributed by atoms with van der Waals surface area (Å²) in [7, 11) is 0. The van der Waals surface area contributed by atoms with Crippen molar-refractivity contribution in [1.29, 1.82) is 0 Å². The number of carbonyl (C=O) groups excluding carboxylic acids is 1. The van der Waals surface area contributed by atoms with Gasteiger partial charge in [0.15, 0.2) is 11.6 Å². The van der Waals surface area contributed by atoms with E-state index in [4.69, 9.17) is 4.74 Å². The van der Waals surface area contributed by atoms with Gasteiger partial charge in [-0.3, -0.25) is 15.4 Å². The summed E-state index contributed by atoms with van der Waals surface area (Å²) in [4.78, 5) is 21.2. The van der Waals surface area contributed by atoms with Gasteiger partial charge in [0.1, 0.15) is 0 Å². The Hall–Kier alpha value is -3.03. The zero-order valence-electron chi connectivity index (χ0n) is 10.4. The van der Waals surface area contributed by atoms with Crippen molar-refractivity contribution in [3.8, 4) is 5.75 Å². The molecule has 0 fully saturated rings. The van der Waals surface area contributed by atoms with Crippen LogP contribution in [0.4, 0.5) is 25.0 Å². The summed E-state index contributed by atoms with van der Waals surface area (Å²) >= 11 is 0. The fourth-order valence-electron chi connectivity index (χ4n) is 1.50. The lowest BCUT2D eigenvalue weighted by Crippen LogP contribution is -2.17. The first-order valence-electron chi connectivity index (χ1n) is 5.64. The largest absolute Gasteiger partial charge is 0.417 e. The monoisotopic (exact) mass is 294 g/mol. The van der Waals surface area contributed by atoms with Crippen molar-refractivity contribution in [3.05, 3.63) is 64.2 Å². The molecule has 0 bridgehead atoms. The Morgan fingerprint density at radius 2 is 1.86 bits per heavy atom. The second kappa shape index (κ2) is 5.95. The highest BCUT2D eigenvalue weighted by Gasteiger charge is 2.16. The lowest BCUT2D eigenvalue weighted by atomic mass is 10.2. The van der Waals surface area contributed by atoms with Crippen molar-refractivity contribution in [3.63, 3.8) is 0 Å². The van der Waals surface area contributed by atoms with E-state index in [-0.39, 0.29) is 11.4 Å². The number of nitrogens with one attached hydrogen (secondary N) is 1. The number of carbonyl (C=O) groups is 1. The van der Waals surface area contributed by atoms with Crippen LogP contribution >= 0.6 is 0 Å².